The molecule has 1 atom stereocenters. The first kappa shape index (κ1) is 22.7. The molecule has 7 heteroatoms. The Balaban J connectivity index is 2.16. The fraction of sp³-hybridized carbons (Fsp3) is 0.409. The molecular weight excluding hydrogens is 388 g/mol. The molecule has 2 rings (SSSR count). The molecule has 2 aromatic rings. The van der Waals surface area contributed by atoms with Gasteiger partial charge in [-0.2, -0.15) is 0 Å². The monoisotopic (exact) mass is 418 g/mol. The van der Waals surface area contributed by atoms with E-state index >= 15 is 0 Å². The fourth-order valence-electron chi connectivity index (χ4n) is 3.23. The summed E-state index contributed by atoms with van der Waals surface area (Å²) < 4.78 is 31.6. The number of methoxy groups -OCH3 is 1. The van der Waals surface area contributed by atoms with Gasteiger partial charge < -0.3 is 10.1 Å². The lowest BCUT2D eigenvalue weighted by molar-refractivity contribution is -0.122. The zero-order valence-corrected chi connectivity index (χ0v) is 18.5. The molecule has 6 nitrogen and oxygen atoms in total. The second-order valence-corrected chi connectivity index (χ2v) is 9.02. The maximum Gasteiger partial charge on any atom is 0.243 e. The van der Waals surface area contributed by atoms with Crippen LogP contribution in [0.3, 0.4) is 0 Å². The highest BCUT2D eigenvalue weighted by Crippen LogP contribution is 2.27. The first-order valence-electron chi connectivity index (χ1n) is 9.64. The third-order valence-corrected chi connectivity index (χ3v) is 5.97. The van der Waals surface area contributed by atoms with E-state index in [0.29, 0.717) is 25.1 Å². The number of anilines is 1. The third-order valence-electron chi connectivity index (χ3n) is 4.80. The van der Waals surface area contributed by atoms with Gasteiger partial charge in [-0.05, 0) is 61.6 Å². The summed E-state index contributed by atoms with van der Waals surface area (Å²) >= 11 is 0. The fourth-order valence-corrected chi connectivity index (χ4v) is 4.49. The van der Waals surface area contributed by atoms with Crippen molar-refractivity contribution in [2.75, 3.05) is 24.2 Å². The molecule has 0 spiro atoms. The van der Waals surface area contributed by atoms with E-state index in [1.165, 1.54) is 4.31 Å². The number of nitrogens with zero attached hydrogens (tertiary/aromatic N) is 1. The van der Waals surface area contributed by atoms with Crippen molar-refractivity contribution in [3.8, 4) is 5.75 Å². The van der Waals surface area contributed by atoms with E-state index in [-0.39, 0.29) is 5.91 Å². The van der Waals surface area contributed by atoms with Crippen LogP contribution in [0.1, 0.15) is 30.0 Å². The molecule has 0 aliphatic carbocycles. The van der Waals surface area contributed by atoms with Gasteiger partial charge in [0.2, 0.25) is 15.9 Å². The highest BCUT2D eigenvalue weighted by atomic mass is 32.2. The van der Waals surface area contributed by atoms with Gasteiger partial charge in [-0.3, -0.25) is 9.10 Å². The van der Waals surface area contributed by atoms with Gasteiger partial charge in [0.15, 0.2) is 0 Å². The smallest absolute Gasteiger partial charge is 0.243 e. The molecule has 0 radical (unpaired) electrons. The van der Waals surface area contributed by atoms with E-state index in [1.54, 1.807) is 7.11 Å². The van der Waals surface area contributed by atoms with E-state index in [1.807, 2.05) is 63.2 Å². The molecule has 0 bridgehead atoms. The zero-order chi connectivity index (χ0) is 21.6. The molecule has 2 aromatic carbocycles. The van der Waals surface area contributed by atoms with Crippen LogP contribution in [0.15, 0.2) is 42.5 Å². The van der Waals surface area contributed by atoms with Crippen molar-refractivity contribution in [1.82, 2.24) is 5.32 Å². The lowest BCUT2D eigenvalue weighted by Gasteiger charge is -2.31. The van der Waals surface area contributed by atoms with E-state index in [0.717, 1.165) is 28.7 Å². The minimum absolute atomic E-state index is 0.299. The van der Waals surface area contributed by atoms with Crippen LogP contribution in [0.5, 0.6) is 5.75 Å². The average molecular weight is 419 g/mol. The minimum Gasteiger partial charge on any atom is -0.497 e. The number of carbonyl (C=O) groups is 1. The van der Waals surface area contributed by atoms with Crippen LogP contribution < -0.4 is 14.4 Å². The van der Waals surface area contributed by atoms with E-state index in [2.05, 4.69) is 5.32 Å². The Labute approximate surface area is 173 Å². The van der Waals surface area contributed by atoms with Crippen molar-refractivity contribution < 1.29 is 17.9 Å². The molecule has 0 aliphatic rings. The molecule has 1 amide bonds. The molecular formula is C22H30N2O4S. The van der Waals surface area contributed by atoms with Crippen LogP contribution >= 0.6 is 0 Å². The SMILES string of the molecule is CCC(C(=O)NCCc1ccc(OC)cc1)N(c1cc(C)ccc1C)S(C)(=O)=O. The summed E-state index contributed by atoms with van der Waals surface area (Å²) in [5, 5.41) is 2.89. The number of amides is 1. The Bertz CT molecular complexity index is 940. The largest absolute Gasteiger partial charge is 0.497 e. The lowest BCUT2D eigenvalue weighted by Crippen LogP contribution is -2.49. The van der Waals surface area contributed by atoms with Crippen molar-refractivity contribution in [2.24, 2.45) is 0 Å². The van der Waals surface area contributed by atoms with Gasteiger partial charge in [-0.1, -0.05) is 31.2 Å². The summed E-state index contributed by atoms with van der Waals surface area (Å²) in [5.41, 5.74) is 3.36. The third kappa shape index (κ3) is 5.97. The quantitative estimate of drug-likeness (QED) is 0.678. The molecule has 0 fully saturated rings. The molecule has 158 valence electrons. The number of rotatable bonds is 9. The van der Waals surface area contributed by atoms with Crippen molar-refractivity contribution >= 4 is 21.6 Å². The average Bonchev–Trinajstić information content (AvgIpc) is 2.67. The number of sulfonamides is 1. The number of hydrogen-bond donors (Lipinski definition) is 1. The number of nitrogens with one attached hydrogen (secondary N) is 1. The van der Waals surface area contributed by atoms with Gasteiger partial charge in [-0.15, -0.1) is 0 Å². The Morgan fingerprint density at radius 1 is 1.14 bits per heavy atom. The van der Waals surface area contributed by atoms with Crippen LogP contribution in [-0.4, -0.2) is 40.3 Å². The Hall–Kier alpha value is -2.54. The van der Waals surface area contributed by atoms with Gasteiger partial charge in [0.05, 0.1) is 19.1 Å². The van der Waals surface area contributed by atoms with Gasteiger partial charge in [0.1, 0.15) is 11.8 Å². The lowest BCUT2D eigenvalue weighted by atomic mass is 10.1. The van der Waals surface area contributed by atoms with Gasteiger partial charge in [0, 0.05) is 6.54 Å². The van der Waals surface area contributed by atoms with E-state index in [4.69, 9.17) is 4.74 Å². The van der Waals surface area contributed by atoms with Crippen molar-refractivity contribution in [3.63, 3.8) is 0 Å². The number of benzene rings is 2. The maximum atomic E-state index is 12.9. The van der Waals surface area contributed by atoms with Gasteiger partial charge in [0.25, 0.3) is 0 Å². The van der Waals surface area contributed by atoms with Gasteiger partial charge >= 0.3 is 0 Å². The molecule has 0 saturated carbocycles. The predicted octanol–water partition coefficient (Wildman–Crippen LogP) is 3.22. The van der Waals surface area contributed by atoms with Gasteiger partial charge in [-0.25, -0.2) is 8.42 Å². The van der Waals surface area contributed by atoms with Crippen molar-refractivity contribution in [3.05, 3.63) is 59.2 Å². The number of carbonyl (C=O) groups excluding carboxylic acids is 1. The summed E-state index contributed by atoms with van der Waals surface area (Å²) in [4.78, 5) is 12.9. The van der Waals surface area contributed by atoms with E-state index < -0.39 is 16.1 Å². The highest BCUT2D eigenvalue weighted by Gasteiger charge is 2.32. The Kier molecular flexibility index (Phi) is 7.67. The van der Waals surface area contributed by atoms with Crippen LogP contribution in [-0.2, 0) is 21.2 Å². The maximum absolute atomic E-state index is 12.9. The second kappa shape index (κ2) is 9.78. The number of aryl methyl sites for hydroxylation is 2. The Morgan fingerprint density at radius 2 is 1.79 bits per heavy atom. The van der Waals surface area contributed by atoms with Crippen LogP contribution in [0.2, 0.25) is 0 Å². The second-order valence-electron chi connectivity index (χ2n) is 7.16. The first-order valence-corrected chi connectivity index (χ1v) is 11.5. The summed E-state index contributed by atoms with van der Waals surface area (Å²) in [6.45, 7) is 5.99. The normalized spacial score (nSPS) is 12.3. The summed E-state index contributed by atoms with van der Waals surface area (Å²) in [7, 11) is -2.03. The highest BCUT2D eigenvalue weighted by molar-refractivity contribution is 7.92. The number of ether oxygens (including phenoxy) is 1. The van der Waals surface area contributed by atoms with Crippen LogP contribution in [0.25, 0.3) is 0 Å². The summed E-state index contributed by atoms with van der Waals surface area (Å²) in [5.74, 6) is 0.480. The summed E-state index contributed by atoms with van der Waals surface area (Å²) in [6.07, 6.45) is 2.16. The standard InChI is InChI=1S/C22H30N2O4S/c1-6-20(22(25)23-14-13-18-9-11-19(28-4)12-10-18)24(29(5,26)27)21-15-16(2)7-8-17(21)3/h7-12,15,20H,6,13-14H2,1-5H3,(H,23,25). The predicted molar refractivity (Wildman–Crippen MR) is 117 cm³/mol. The van der Waals surface area contributed by atoms with Crippen molar-refractivity contribution in [1.29, 1.82) is 0 Å². The molecule has 0 aliphatic heterocycles. The molecule has 0 saturated heterocycles. The van der Waals surface area contributed by atoms with Crippen LogP contribution in [0.4, 0.5) is 5.69 Å². The molecule has 1 unspecified atom stereocenters. The Morgan fingerprint density at radius 3 is 2.34 bits per heavy atom. The van der Waals surface area contributed by atoms with E-state index in [9.17, 15) is 13.2 Å². The van der Waals surface area contributed by atoms with Crippen molar-refractivity contribution in [2.45, 2.75) is 39.7 Å². The summed E-state index contributed by atoms with van der Waals surface area (Å²) in [6, 6.07) is 12.4. The molecule has 29 heavy (non-hydrogen) atoms. The number of hydrogen-bond acceptors (Lipinski definition) is 4. The molecule has 0 heterocycles. The minimum atomic E-state index is -3.64. The first-order chi connectivity index (χ1) is 13.7. The zero-order valence-electron chi connectivity index (χ0n) is 17.7. The molecule has 0 aromatic heterocycles. The topological polar surface area (TPSA) is 75.7 Å². The van der Waals surface area contributed by atoms with Crippen LogP contribution in [0, 0.1) is 13.8 Å². The molecule has 1 N–H and O–H groups in total.